The molecule has 0 N–H and O–H groups in total. The maximum absolute atomic E-state index is 11.4. The van der Waals surface area contributed by atoms with Gasteiger partial charge in [-0.25, -0.2) is 0 Å². The molecule has 2 rings (SSSR count). The predicted octanol–water partition coefficient (Wildman–Crippen LogP) is 4.44. The maximum Gasteiger partial charge on any atom is 0.195 e. The second-order valence-corrected chi connectivity index (χ2v) is 6.09. The van der Waals surface area contributed by atoms with Gasteiger partial charge in [-0.3, -0.25) is 4.79 Å². The average molecular weight is 248 g/mol. The number of hydrogen-bond donors (Lipinski definition) is 0. The average Bonchev–Trinajstić information content (AvgIpc) is 2.55. The van der Waals surface area contributed by atoms with Crippen molar-refractivity contribution in [2.24, 2.45) is 0 Å². The van der Waals surface area contributed by atoms with Crippen molar-refractivity contribution in [3.05, 3.63) is 29.5 Å². The number of ketones is 1. The fourth-order valence-corrected chi connectivity index (χ4v) is 2.75. The number of furan rings is 1. The van der Waals surface area contributed by atoms with Crippen molar-refractivity contribution in [2.75, 3.05) is 0 Å². The molecule has 0 bridgehead atoms. The summed E-state index contributed by atoms with van der Waals surface area (Å²) in [6, 6.07) is 6.13. The van der Waals surface area contributed by atoms with Gasteiger partial charge in [0.1, 0.15) is 5.58 Å². The summed E-state index contributed by atoms with van der Waals surface area (Å²) >= 11 is 1.79. The van der Waals surface area contributed by atoms with Crippen molar-refractivity contribution < 1.29 is 9.21 Å². The first kappa shape index (κ1) is 12.2. The molecule has 3 heteroatoms. The van der Waals surface area contributed by atoms with E-state index in [1.807, 2.05) is 19.1 Å². The molecule has 0 aliphatic carbocycles. The minimum atomic E-state index is -0.0169. The Kier molecular flexibility index (Phi) is 3.29. The quantitative estimate of drug-likeness (QED) is 0.594. The monoisotopic (exact) mass is 248 g/mol. The standard InChI is InChI=1S/C14H16O2S/c1-8(2)17-11-5-6-12-9(3)14(10(4)15)16-13(12)7-11/h5-8H,1-4H3. The summed E-state index contributed by atoms with van der Waals surface area (Å²) in [6.07, 6.45) is 0. The highest BCUT2D eigenvalue weighted by Crippen LogP contribution is 2.31. The fraction of sp³-hybridized carbons (Fsp3) is 0.357. The van der Waals surface area contributed by atoms with Crippen molar-refractivity contribution in [2.45, 2.75) is 37.8 Å². The van der Waals surface area contributed by atoms with Gasteiger partial charge in [0.15, 0.2) is 11.5 Å². The Morgan fingerprint density at radius 3 is 2.65 bits per heavy atom. The zero-order valence-corrected chi connectivity index (χ0v) is 11.4. The highest BCUT2D eigenvalue weighted by Gasteiger charge is 2.14. The Bertz CT molecular complexity index is 567. The maximum atomic E-state index is 11.4. The van der Waals surface area contributed by atoms with E-state index >= 15 is 0 Å². The summed E-state index contributed by atoms with van der Waals surface area (Å²) in [7, 11) is 0. The van der Waals surface area contributed by atoms with Gasteiger partial charge in [-0.05, 0) is 25.1 Å². The number of carbonyl (C=O) groups is 1. The number of hydrogen-bond acceptors (Lipinski definition) is 3. The lowest BCUT2D eigenvalue weighted by Gasteiger charge is -2.03. The zero-order chi connectivity index (χ0) is 12.6. The summed E-state index contributed by atoms with van der Waals surface area (Å²) in [4.78, 5) is 12.6. The molecule has 0 aliphatic rings. The van der Waals surface area contributed by atoms with E-state index in [-0.39, 0.29) is 5.78 Å². The zero-order valence-electron chi connectivity index (χ0n) is 10.5. The highest BCUT2D eigenvalue weighted by atomic mass is 32.2. The molecule has 0 amide bonds. The van der Waals surface area contributed by atoms with E-state index in [0.717, 1.165) is 16.5 Å². The summed E-state index contributed by atoms with van der Waals surface area (Å²) < 4.78 is 5.62. The molecular formula is C14H16O2S. The molecule has 0 radical (unpaired) electrons. The Morgan fingerprint density at radius 2 is 2.06 bits per heavy atom. The largest absolute Gasteiger partial charge is 0.453 e. The molecule has 0 aliphatic heterocycles. The third-order valence-electron chi connectivity index (χ3n) is 2.60. The van der Waals surface area contributed by atoms with Gasteiger partial charge in [0.2, 0.25) is 0 Å². The van der Waals surface area contributed by atoms with Crippen LogP contribution in [0.4, 0.5) is 0 Å². The molecule has 2 nitrogen and oxygen atoms in total. The Labute approximate surface area is 105 Å². The Balaban J connectivity index is 2.52. The van der Waals surface area contributed by atoms with Crippen LogP contribution in [0.2, 0.25) is 0 Å². The Hall–Kier alpha value is -1.22. The molecular weight excluding hydrogens is 232 g/mol. The molecule has 90 valence electrons. The second-order valence-electron chi connectivity index (χ2n) is 4.44. The van der Waals surface area contributed by atoms with Gasteiger partial charge >= 0.3 is 0 Å². The summed E-state index contributed by atoms with van der Waals surface area (Å²) in [6.45, 7) is 7.78. The molecule has 0 fully saturated rings. The topological polar surface area (TPSA) is 30.2 Å². The van der Waals surface area contributed by atoms with Gasteiger partial charge in [0, 0.05) is 28.0 Å². The highest BCUT2D eigenvalue weighted by molar-refractivity contribution is 7.99. The van der Waals surface area contributed by atoms with Gasteiger partial charge in [0.05, 0.1) is 0 Å². The van der Waals surface area contributed by atoms with Crippen LogP contribution in [-0.4, -0.2) is 11.0 Å². The number of rotatable bonds is 3. The van der Waals surface area contributed by atoms with Crippen molar-refractivity contribution in [1.29, 1.82) is 0 Å². The van der Waals surface area contributed by atoms with Crippen LogP contribution < -0.4 is 0 Å². The van der Waals surface area contributed by atoms with E-state index in [9.17, 15) is 4.79 Å². The first-order valence-corrected chi connectivity index (χ1v) is 6.57. The number of aryl methyl sites for hydroxylation is 1. The van der Waals surface area contributed by atoms with Crippen LogP contribution in [0.3, 0.4) is 0 Å². The van der Waals surface area contributed by atoms with Crippen molar-refractivity contribution >= 4 is 28.5 Å². The smallest absolute Gasteiger partial charge is 0.195 e. The van der Waals surface area contributed by atoms with Crippen molar-refractivity contribution in [1.82, 2.24) is 0 Å². The predicted molar refractivity (Wildman–Crippen MR) is 71.9 cm³/mol. The van der Waals surface area contributed by atoms with E-state index in [1.165, 1.54) is 11.8 Å². The van der Waals surface area contributed by atoms with Gasteiger partial charge in [-0.1, -0.05) is 13.8 Å². The van der Waals surface area contributed by atoms with E-state index in [1.54, 1.807) is 11.8 Å². The number of Topliss-reactive ketones (excluding diaryl/α,β-unsaturated/α-hetero) is 1. The lowest BCUT2D eigenvalue weighted by Crippen LogP contribution is -1.90. The third kappa shape index (κ3) is 2.39. The molecule has 1 aromatic carbocycles. The minimum absolute atomic E-state index is 0.0169. The van der Waals surface area contributed by atoms with Gasteiger partial charge in [-0.2, -0.15) is 0 Å². The molecule has 0 atom stereocenters. The first-order chi connectivity index (χ1) is 7.99. The molecule has 1 heterocycles. The number of benzene rings is 1. The van der Waals surface area contributed by atoms with E-state index in [4.69, 9.17) is 4.42 Å². The fourth-order valence-electron chi connectivity index (χ4n) is 1.89. The SMILES string of the molecule is CC(=O)c1oc2cc(SC(C)C)ccc2c1C. The van der Waals surface area contributed by atoms with Crippen molar-refractivity contribution in [3.63, 3.8) is 0 Å². The van der Waals surface area contributed by atoms with Crippen LogP contribution in [-0.2, 0) is 0 Å². The van der Waals surface area contributed by atoms with Crippen molar-refractivity contribution in [3.8, 4) is 0 Å². The summed E-state index contributed by atoms with van der Waals surface area (Å²) in [5.74, 6) is 0.462. The minimum Gasteiger partial charge on any atom is -0.453 e. The molecule has 17 heavy (non-hydrogen) atoms. The molecule has 2 aromatic rings. The number of carbonyl (C=O) groups excluding carboxylic acids is 1. The number of thioether (sulfide) groups is 1. The van der Waals surface area contributed by atoms with Gasteiger partial charge in [-0.15, -0.1) is 11.8 Å². The summed E-state index contributed by atoms with van der Waals surface area (Å²) in [5, 5.41) is 1.57. The van der Waals surface area contributed by atoms with Crippen LogP contribution in [0.25, 0.3) is 11.0 Å². The molecule has 0 saturated carbocycles. The lowest BCUT2D eigenvalue weighted by atomic mass is 10.1. The summed E-state index contributed by atoms with van der Waals surface area (Å²) in [5.41, 5.74) is 1.74. The van der Waals surface area contributed by atoms with Crippen LogP contribution >= 0.6 is 11.8 Å². The van der Waals surface area contributed by atoms with E-state index in [0.29, 0.717) is 11.0 Å². The van der Waals surface area contributed by atoms with E-state index < -0.39 is 0 Å². The molecule has 0 unspecified atom stereocenters. The lowest BCUT2D eigenvalue weighted by molar-refractivity contribution is 0.0988. The third-order valence-corrected chi connectivity index (χ3v) is 3.60. The normalized spacial score (nSPS) is 11.4. The molecule has 0 saturated heterocycles. The van der Waals surface area contributed by atoms with Crippen LogP contribution in [0.15, 0.2) is 27.5 Å². The first-order valence-electron chi connectivity index (χ1n) is 5.69. The molecule has 0 spiro atoms. The van der Waals surface area contributed by atoms with Crippen LogP contribution in [0, 0.1) is 6.92 Å². The Morgan fingerprint density at radius 1 is 1.35 bits per heavy atom. The van der Waals surface area contributed by atoms with Crippen LogP contribution in [0.5, 0.6) is 0 Å². The van der Waals surface area contributed by atoms with E-state index in [2.05, 4.69) is 19.9 Å². The number of fused-ring (bicyclic) bond motifs is 1. The molecule has 1 aromatic heterocycles. The van der Waals surface area contributed by atoms with Gasteiger partial charge < -0.3 is 4.42 Å². The second kappa shape index (κ2) is 4.57. The van der Waals surface area contributed by atoms with Crippen LogP contribution in [0.1, 0.15) is 36.9 Å². The van der Waals surface area contributed by atoms with Gasteiger partial charge in [0.25, 0.3) is 0 Å².